The Labute approximate surface area is 117 Å². The smallest absolute Gasteiger partial charge is 0.262 e. The molecule has 20 heavy (non-hydrogen) atoms. The molecular formula is C14H19N3O3. The van der Waals surface area contributed by atoms with Crippen LogP contribution in [0.3, 0.4) is 0 Å². The Morgan fingerprint density at radius 3 is 2.95 bits per heavy atom. The summed E-state index contributed by atoms with van der Waals surface area (Å²) in [6.45, 7) is 4.04. The van der Waals surface area contributed by atoms with E-state index in [1.165, 1.54) is 0 Å². The fourth-order valence-electron chi connectivity index (χ4n) is 2.01. The summed E-state index contributed by atoms with van der Waals surface area (Å²) in [5, 5.41) is 5.43. The van der Waals surface area contributed by atoms with E-state index in [9.17, 15) is 9.59 Å². The van der Waals surface area contributed by atoms with E-state index >= 15 is 0 Å². The van der Waals surface area contributed by atoms with Gasteiger partial charge in [0.15, 0.2) is 6.61 Å². The number of hydrogen-bond donors (Lipinski definition) is 3. The molecule has 6 heteroatoms. The predicted octanol–water partition coefficient (Wildman–Crippen LogP) is 1.33. The van der Waals surface area contributed by atoms with E-state index in [0.29, 0.717) is 29.5 Å². The Kier molecular flexibility index (Phi) is 4.24. The number of anilines is 2. The average molecular weight is 277 g/mol. The second kappa shape index (κ2) is 5.92. The number of benzene rings is 1. The Balaban J connectivity index is 2.05. The van der Waals surface area contributed by atoms with Gasteiger partial charge in [0, 0.05) is 5.69 Å². The monoisotopic (exact) mass is 277 g/mol. The van der Waals surface area contributed by atoms with Gasteiger partial charge >= 0.3 is 0 Å². The fourth-order valence-corrected chi connectivity index (χ4v) is 2.01. The van der Waals surface area contributed by atoms with E-state index in [1.807, 2.05) is 13.8 Å². The highest BCUT2D eigenvalue weighted by molar-refractivity contribution is 5.98. The molecule has 1 aromatic rings. The van der Waals surface area contributed by atoms with Crippen LogP contribution in [0.25, 0.3) is 0 Å². The molecule has 108 valence electrons. The molecule has 0 spiro atoms. The number of carbonyl (C=O) groups excluding carboxylic acids is 2. The normalized spacial score (nSPS) is 15.1. The van der Waals surface area contributed by atoms with Crippen molar-refractivity contribution in [2.45, 2.75) is 26.3 Å². The molecule has 4 N–H and O–H groups in total. The summed E-state index contributed by atoms with van der Waals surface area (Å²) in [6.07, 6.45) is 0.622. The van der Waals surface area contributed by atoms with Crippen LogP contribution >= 0.6 is 0 Å². The third-order valence-electron chi connectivity index (χ3n) is 2.94. The van der Waals surface area contributed by atoms with Gasteiger partial charge < -0.3 is 21.1 Å². The van der Waals surface area contributed by atoms with Crippen LogP contribution < -0.4 is 21.1 Å². The largest absolute Gasteiger partial charge is 0.482 e. The first kappa shape index (κ1) is 14.3. The molecule has 1 atom stereocenters. The molecule has 2 amide bonds. The highest BCUT2D eigenvalue weighted by atomic mass is 16.5. The molecule has 1 aliphatic heterocycles. The standard InChI is InChI=1S/C14H19N3O3/c1-8(2)5-10(15)14(19)16-9-3-4-12-11(6-9)17-13(18)7-20-12/h3-4,6,8,10H,5,7,15H2,1-2H3,(H,16,19)(H,17,18). The molecule has 0 fully saturated rings. The van der Waals surface area contributed by atoms with Crippen molar-refractivity contribution in [3.63, 3.8) is 0 Å². The number of nitrogens with one attached hydrogen (secondary N) is 2. The van der Waals surface area contributed by atoms with Crippen molar-refractivity contribution in [1.29, 1.82) is 0 Å². The number of hydrogen-bond acceptors (Lipinski definition) is 4. The highest BCUT2D eigenvalue weighted by Crippen LogP contribution is 2.30. The number of amides is 2. The predicted molar refractivity (Wildman–Crippen MR) is 76.6 cm³/mol. The molecule has 0 saturated heterocycles. The minimum absolute atomic E-state index is 0.0119. The van der Waals surface area contributed by atoms with Crippen LogP contribution in [0.15, 0.2) is 18.2 Å². The van der Waals surface area contributed by atoms with Crippen molar-refractivity contribution < 1.29 is 14.3 Å². The van der Waals surface area contributed by atoms with Gasteiger partial charge in [-0.2, -0.15) is 0 Å². The van der Waals surface area contributed by atoms with Gasteiger partial charge in [-0.05, 0) is 30.5 Å². The summed E-state index contributed by atoms with van der Waals surface area (Å²) >= 11 is 0. The number of rotatable bonds is 4. The van der Waals surface area contributed by atoms with Gasteiger partial charge in [0.2, 0.25) is 5.91 Å². The maximum atomic E-state index is 11.9. The van der Waals surface area contributed by atoms with Gasteiger partial charge in [-0.3, -0.25) is 9.59 Å². The first-order valence-electron chi connectivity index (χ1n) is 6.59. The Morgan fingerprint density at radius 2 is 2.25 bits per heavy atom. The van der Waals surface area contributed by atoms with E-state index in [4.69, 9.17) is 10.5 Å². The maximum Gasteiger partial charge on any atom is 0.262 e. The average Bonchev–Trinajstić information content (AvgIpc) is 2.37. The molecule has 0 bridgehead atoms. The highest BCUT2D eigenvalue weighted by Gasteiger charge is 2.18. The summed E-state index contributed by atoms with van der Waals surface area (Å²) in [7, 11) is 0. The van der Waals surface area contributed by atoms with Gasteiger partial charge in [0.05, 0.1) is 11.7 Å². The van der Waals surface area contributed by atoms with Gasteiger partial charge in [0.1, 0.15) is 5.75 Å². The molecule has 0 radical (unpaired) electrons. The molecule has 1 heterocycles. The molecular weight excluding hydrogens is 258 g/mol. The van der Waals surface area contributed by atoms with Crippen molar-refractivity contribution in [2.75, 3.05) is 17.2 Å². The van der Waals surface area contributed by atoms with Gasteiger partial charge in [-0.1, -0.05) is 13.8 Å². The molecule has 6 nitrogen and oxygen atoms in total. The first-order chi connectivity index (χ1) is 9.45. The topological polar surface area (TPSA) is 93.5 Å². The van der Waals surface area contributed by atoms with Crippen LogP contribution in [-0.2, 0) is 9.59 Å². The summed E-state index contributed by atoms with van der Waals surface area (Å²) in [5.41, 5.74) is 6.95. The van der Waals surface area contributed by atoms with Crippen molar-refractivity contribution in [2.24, 2.45) is 11.7 Å². The van der Waals surface area contributed by atoms with Crippen molar-refractivity contribution >= 4 is 23.2 Å². The lowest BCUT2D eigenvalue weighted by Gasteiger charge is -2.19. The van der Waals surface area contributed by atoms with Crippen molar-refractivity contribution in [3.05, 3.63) is 18.2 Å². The van der Waals surface area contributed by atoms with Gasteiger partial charge in [-0.25, -0.2) is 0 Å². The number of ether oxygens (including phenoxy) is 1. The Bertz CT molecular complexity index is 528. The summed E-state index contributed by atoms with van der Waals surface area (Å²) in [6, 6.07) is 4.54. The van der Waals surface area contributed by atoms with E-state index in [1.54, 1.807) is 18.2 Å². The van der Waals surface area contributed by atoms with Gasteiger partial charge in [-0.15, -0.1) is 0 Å². The molecule has 1 unspecified atom stereocenters. The second-order valence-electron chi connectivity index (χ2n) is 5.27. The number of fused-ring (bicyclic) bond motifs is 1. The minimum atomic E-state index is -0.545. The van der Waals surface area contributed by atoms with E-state index in [2.05, 4.69) is 10.6 Å². The van der Waals surface area contributed by atoms with Crippen LogP contribution in [0.1, 0.15) is 20.3 Å². The minimum Gasteiger partial charge on any atom is -0.482 e. The first-order valence-corrected chi connectivity index (χ1v) is 6.59. The third kappa shape index (κ3) is 3.48. The zero-order valence-electron chi connectivity index (χ0n) is 11.6. The van der Waals surface area contributed by atoms with E-state index in [0.717, 1.165) is 0 Å². The quantitative estimate of drug-likeness (QED) is 0.774. The molecule has 1 aromatic carbocycles. The summed E-state index contributed by atoms with van der Waals surface area (Å²) in [4.78, 5) is 23.2. The van der Waals surface area contributed by atoms with E-state index in [-0.39, 0.29) is 18.4 Å². The van der Waals surface area contributed by atoms with Crippen molar-refractivity contribution in [3.8, 4) is 5.75 Å². The third-order valence-corrected chi connectivity index (χ3v) is 2.94. The summed E-state index contributed by atoms with van der Waals surface area (Å²) in [5.74, 6) is 0.500. The molecule has 1 aliphatic rings. The lowest BCUT2D eigenvalue weighted by Crippen LogP contribution is -2.36. The molecule has 0 aromatic heterocycles. The van der Waals surface area contributed by atoms with Crippen LogP contribution in [0.2, 0.25) is 0 Å². The second-order valence-corrected chi connectivity index (χ2v) is 5.27. The molecule has 0 saturated carbocycles. The van der Waals surface area contributed by atoms with Crippen LogP contribution in [0.4, 0.5) is 11.4 Å². The Morgan fingerprint density at radius 1 is 1.50 bits per heavy atom. The molecule has 2 rings (SSSR count). The maximum absolute atomic E-state index is 11.9. The zero-order chi connectivity index (χ0) is 14.7. The fraction of sp³-hybridized carbons (Fsp3) is 0.429. The molecule has 0 aliphatic carbocycles. The Hall–Kier alpha value is -2.08. The summed E-state index contributed by atoms with van der Waals surface area (Å²) < 4.78 is 5.25. The van der Waals surface area contributed by atoms with E-state index < -0.39 is 6.04 Å². The van der Waals surface area contributed by atoms with Crippen LogP contribution in [0, 0.1) is 5.92 Å². The number of nitrogens with two attached hydrogens (primary N) is 1. The SMILES string of the molecule is CC(C)CC(N)C(=O)Nc1ccc2c(c1)NC(=O)CO2. The van der Waals surface area contributed by atoms with Crippen LogP contribution in [0.5, 0.6) is 5.75 Å². The zero-order valence-corrected chi connectivity index (χ0v) is 11.6. The lowest BCUT2D eigenvalue weighted by atomic mass is 10.0. The van der Waals surface area contributed by atoms with Gasteiger partial charge in [0.25, 0.3) is 5.91 Å². The number of carbonyl (C=O) groups is 2. The lowest BCUT2D eigenvalue weighted by molar-refractivity contribution is -0.119. The van der Waals surface area contributed by atoms with Crippen LogP contribution in [-0.4, -0.2) is 24.5 Å². The van der Waals surface area contributed by atoms with Crippen molar-refractivity contribution in [1.82, 2.24) is 0 Å².